The average molecular weight is 563 g/mol. The van der Waals surface area contributed by atoms with Crippen molar-refractivity contribution < 1.29 is 37.9 Å². The van der Waals surface area contributed by atoms with Crippen molar-refractivity contribution >= 4 is 19.8 Å². The lowest BCUT2D eigenvalue weighted by Gasteiger charge is -2.18. The first-order chi connectivity index (χ1) is 18.3. The van der Waals surface area contributed by atoms with Crippen LogP contribution in [0.3, 0.4) is 0 Å². The molecule has 9 heteroatoms. The molecule has 0 rings (SSSR count). The van der Waals surface area contributed by atoms with Crippen molar-refractivity contribution in [1.29, 1.82) is 0 Å². The van der Waals surface area contributed by atoms with E-state index in [9.17, 15) is 14.2 Å². The van der Waals surface area contributed by atoms with E-state index < -0.39 is 32.5 Å². The minimum absolute atomic E-state index is 0.204. The van der Waals surface area contributed by atoms with E-state index in [1.807, 2.05) is 0 Å². The largest absolute Gasteiger partial charge is 0.469 e. The molecule has 0 aliphatic carbocycles. The summed E-state index contributed by atoms with van der Waals surface area (Å²) in [6.07, 6.45) is 23.9. The normalized spacial score (nSPS) is 12.6. The first-order valence-corrected chi connectivity index (χ1v) is 16.5. The third kappa shape index (κ3) is 27.8. The van der Waals surface area contributed by atoms with Gasteiger partial charge in [-0.25, -0.2) is 4.57 Å². The number of phosphoric acid groups is 1. The highest BCUT2D eigenvalue weighted by Crippen LogP contribution is 2.35. The number of esters is 2. The van der Waals surface area contributed by atoms with Crippen LogP contribution in [0.4, 0.5) is 0 Å². The van der Waals surface area contributed by atoms with E-state index in [2.05, 4.69) is 30.5 Å². The van der Waals surface area contributed by atoms with Crippen molar-refractivity contribution in [3.63, 3.8) is 0 Å². The Morgan fingerprint density at radius 3 is 1.61 bits per heavy atom. The molecule has 8 nitrogen and oxygen atoms in total. The topological polar surface area (TPSA) is 119 Å². The minimum atomic E-state index is -4.73. The molecule has 0 aromatic carbocycles. The van der Waals surface area contributed by atoms with Crippen LogP contribution in [0.25, 0.3) is 0 Å². The smallest absolute Gasteiger partial charge is 0.462 e. The Hall–Kier alpha value is -1.21. The summed E-state index contributed by atoms with van der Waals surface area (Å²) < 4.78 is 26.0. The quantitative estimate of drug-likeness (QED) is 0.0448. The van der Waals surface area contributed by atoms with Crippen molar-refractivity contribution in [2.24, 2.45) is 0 Å². The second-order valence-corrected chi connectivity index (χ2v) is 11.3. The van der Waals surface area contributed by atoms with Crippen LogP contribution in [0.15, 0.2) is 12.2 Å². The Balaban J connectivity index is 4.03. The number of rotatable bonds is 27. The number of carbonyl (C=O) groups excluding carboxylic acids is 2. The zero-order valence-electron chi connectivity index (χ0n) is 24.1. The van der Waals surface area contributed by atoms with Gasteiger partial charge in [-0.15, -0.1) is 0 Å². The van der Waals surface area contributed by atoms with Gasteiger partial charge in [0.25, 0.3) is 0 Å². The molecule has 0 saturated heterocycles. The Kier molecular flexibility index (Phi) is 25.2. The highest BCUT2D eigenvalue weighted by Gasteiger charge is 2.22. The van der Waals surface area contributed by atoms with Crippen molar-refractivity contribution in [2.45, 2.75) is 148 Å². The third-order valence-electron chi connectivity index (χ3n) is 6.28. The molecule has 224 valence electrons. The molecule has 0 amide bonds. The van der Waals surface area contributed by atoms with Gasteiger partial charge in [-0.3, -0.25) is 14.1 Å². The highest BCUT2D eigenvalue weighted by atomic mass is 31.2. The summed E-state index contributed by atoms with van der Waals surface area (Å²) in [5.74, 6) is -0.905. The Morgan fingerprint density at radius 1 is 0.658 bits per heavy atom. The van der Waals surface area contributed by atoms with Crippen LogP contribution in [0.2, 0.25) is 0 Å². The van der Waals surface area contributed by atoms with Crippen LogP contribution in [0, 0.1) is 0 Å². The molecular formula is C29H55O8P. The fourth-order valence-corrected chi connectivity index (χ4v) is 4.37. The summed E-state index contributed by atoms with van der Waals surface area (Å²) in [5, 5.41) is 0. The van der Waals surface area contributed by atoms with Gasteiger partial charge in [0.2, 0.25) is 0 Å². The van der Waals surface area contributed by atoms with Gasteiger partial charge in [0.05, 0.1) is 6.61 Å². The lowest BCUT2D eigenvalue weighted by atomic mass is 10.1. The van der Waals surface area contributed by atoms with Gasteiger partial charge < -0.3 is 19.3 Å². The monoisotopic (exact) mass is 562 g/mol. The van der Waals surface area contributed by atoms with E-state index in [0.29, 0.717) is 6.42 Å². The predicted molar refractivity (Wildman–Crippen MR) is 152 cm³/mol. The average Bonchev–Trinajstić information content (AvgIpc) is 2.87. The minimum Gasteiger partial charge on any atom is -0.462 e. The Bertz CT molecular complexity index is 646. The molecule has 0 radical (unpaired) electrons. The molecule has 2 N–H and O–H groups in total. The van der Waals surface area contributed by atoms with E-state index in [1.54, 1.807) is 0 Å². The summed E-state index contributed by atoms with van der Waals surface area (Å²) in [4.78, 5) is 42.1. The maximum atomic E-state index is 12.2. The molecule has 0 aliphatic heterocycles. The Labute approximate surface area is 231 Å². The number of hydrogen-bond acceptors (Lipinski definition) is 6. The lowest BCUT2D eigenvalue weighted by molar-refractivity contribution is -0.161. The van der Waals surface area contributed by atoms with Crippen molar-refractivity contribution in [3.8, 4) is 0 Å². The van der Waals surface area contributed by atoms with Crippen LogP contribution < -0.4 is 0 Å². The lowest BCUT2D eigenvalue weighted by Crippen LogP contribution is -2.29. The van der Waals surface area contributed by atoms with E-state index >= 15 is 0 Å². The van der Waals surface area contributed by atoms with E-state index in [0.717, 1.165) is 64.2 Å². The molecule has 0 aromatic rings. The molecule has 38 heavy (non-hydrogen) atoms. The molecule has 1 atom stereocenters. The Morgan fingerprint density at radius 2 is 1.11 bits per heavy atom. The van der Waals surface area contributed by atoms with E-state index in [-0.39, 0.29) is 19.4 Å². The fourth-order valence-electron chi connectivity index (χ4n) is 4.01. The predicted octanol–water partition coefficient (Wildman–Crippen LogP) is 7.95. The summed E-state index contributed by atoms with van der Waals surface area (Å²) in [6.45, 7) is 3.56. The maximum absolute atomic E-state index is 12.2. The van der Waals surface area contributed by atoms with Gasteiger partial charge in [0, 0.05) is 12.8 Å². The SMILES string of the molecule is CCCCCCC/C=C/CCCCCCCC(=O)O[C@H](COC(=O)CCCCCCCC)COP(=O)(O)O. The molecule has 0 aromatic heterocycles. The first kappa shape index (κ1) is 36.8. The van der Waals surface area contributed by atoms with Crippen LogP contribution in [-0.4, -0.2) is 41.0 Å². The van der Waals surface area contributed by atoms with Gasteiger partial charge in [0.1, 0.15) is 6.61 Å². The zero-order chi connectivity index (χ0) is 28.3. The third-order valence-corrected chi connectivity index (χ3v) is 6.77. The van der Waals surface area contributed by atoms with Crippen molar-refractivity contribution in [3.05, 3.63) is 12.2 Å². The molecule has 0 unspecified atom stereocenters. The summed E-state index contributed by atoms with van der Waals surface area (Å²) in [5.41, 5.74) is 0. The van der Waals surface area contributed by atoms with Gasteiger partial charge in [-0.2, -0.15) is 0 Å². The molecule has 0 aliphatic rings. The van der Waals surface area contributed by atoms with E-state index in [4.69, 9.17) is 19.3 Å². The summed E-state index contributed by atoms with van der Waals surface area (Å²) in [6, 6.07) is 0. The number of unbranched alkanes of at least 4 members (excludes halogenated alkanes) is 15. The maximum Gasteiger partial charge on any atom is 0.469 e. The molecule has 0 spiro atoms. The second kappa shape index (κ2) is 26.0. The fraction of sp³-hybridized carbons (Fsp3) is 0.862. The number of hydrogen-bond donors (Lipinski definition) is 2. The number of carbonyl (C=O) groups is 2. The molecule has 0 fully saturated rings. The summed E-state index contributed by atoms with van der Waals surface area (Å²) in [7, 11) is -4.73. The van der Waals surface area contributed by atoms with Crippen LogP contribution in [0.5, 0.6) is 0 Å². The summed E-state index contributed by atoms with van der Waals surface area (Å²) >= 11 is 0. The van der Waals surface area contributed by atoms with Crippen molar-refractivity contribution in [1.82, 2.24) is 0 Å². The van der Waals surface area contributed by atoms with Gasteiger partial charge in [-0.05, 0) is 38.5 Å². The second-order valence-electron chi connectivity index (χ2n) is 10.1. The van der Waals surface area contributed by atoms with Crippen LogP contribution in [0.1, 0.15) is 142 Å². The number of allylic oxidation sites excluding steroid dienone is 2. The standard InChI is InChI=1S/C29H55O8P/c1-3-5-7-9-11-12-13-14-15-16-17-18-20-22-24-29(31)37-27(26-36-38(32,33)34)25-35-28(30)23-21-19-10-8-6-4-2/h13-14,27H,3-12,15-26H2,1-2H3,(H2,32,33,34)/b14-13+/t27-/m1/s1. The van der Waals surface area contributed by atoms with Gasteiger partial charge in [0.15, 0.2) is 6.10 Å². The molecule has 0 saturated carbocycles. The number of phosphoric ester groups is 1. The van der Waals surface area contributed by atoms with Gasteiger partial charge in [-0.1, -0.05) is 103 Å². The van der Waals surface area contributed by atoms with Crippen molar-refractivity contribution in [2.75, 3.05) is 13.2 Å². The molecular weight excluding hydrogens is 507 g/mol. The van der Waals surface area contributed by atoms with Crippen LogP contribution in [-0.2, 0) is 28.2 Å². The molecule has 0 bridgehead atoms. The van der Waals surface area contributed by atoms with E-state index in [1.165, 1.54) is 44.9 Å². The van der Waals surface area contributed by atoms with Crippen LogP contribution >= 0.6 is 7.82 Å². The first-order valence-electron chi connectivity index (χ1n) is 15.0. The number of ether oxygens (including phenoxy) is 2. The highest BCUT2D eigenvalue weighted by molar-refractivity contribution is 7.46. The van der Waals surface area contributed by atoms with Gasteiger partial charge >= 0.3 is 19.8 Å². The zero-order valence-corrected chi connectivity index (χ0v) is 25.0. The molecule has 0 heterocycles.